The minimum absolute atomic E-state index is 0.796. The van der Waals surface area contributed by atoms with Crippen molar-refractivity contribution in [1.82, 2.24) is 4.98 Å². The monoisotopic (exact) mass is 227 g/mol. The van der Waals surface area contributed by atoms with Crippen molar-refractivity contribution in [3.8, 4) is 0 Å². The topological polar surface area (TPSA) is 12.9 Å². The van der Waals surface area contributed by atoms with Crippen molar-refractivity contribution in [2.75, 3.05) is 0 Å². The van der Waals surface area contributed by atoms with E-state index in [4.69, 9.17) is 11.6 Å². The summed E-state index contributed by atoms with van der Waals surface area (Å²) in [4.78, 5) is 4.62. The van der Waals surface area contributed by atoms with Gasteiger partial charge in [0.2, 0.25) is 0 Å². The van der Waals surface area contributed by atoms with Crippen molar-refractivity contribution in [1.29, 1.82) is 0 Å². The molecule has 16 heavy (non-hydrogen) atoms. The molecule has 0 N–H and O–H groups in total. The first-order valence-corrected chi connectivity index (χ1v) is 5.58. The molecule has 0 fully saturated rings. The molecule has 78 valence electrons. The summed E-state index contributed by atoms with van der Waals surface area (Å²) in [7, 11) is 0. The van der Waals surface area contributed by atoms with Gasteiger partial charge in [0.25, 0.3) is 0 Å². The summed E-state index contributed by atoms with van der Waals surface area (Å²) in [5.41, 5.74) is 3.12. The maximum atomic E-state index is 6.11. The fourth-order valence-electron chi connectivity index (χ4n) is 1.96. The number of benzene rings is 2. The van der Waals surface area contributed by atoms with Crippen LogP contribution in [0, 0.1) is 6.92 Å². The van der Waals surface area contributed by atoms with Crippen LogP contribution < -0.4 is 0 Å². The number of halogens is 1. The summed E-state index contributed by atoms with van der Waals surface area (Å²) in [6, 6.07) is 14.2. The lowest BCUT2D eigenvalue weighted by Crippen LogP contribution is -1.85. The van der Waals surface area contributed by atoms with Crippen molar-refractivity contribution in [3.05, 3.63) is 53.1 Å². The molecule has 0 radical (unpaired) electrons. The highest BCUT2D eigenvalue weighted by Crippen LogP contribution is 2.26. The van der Waals surface area contributed by atoms with E-state index in [1.807, 2.05) is 37.3 Å². The number of pyridine rings is 1. The van der Waals surface area contributed by atoms with E-state index < -0.39 is 0 Å². The molecule has 1 aromatic heterocycles. The van der Waals surface area contributed by atoms with Crippen LogP contribution in [0.1, 0.15) is 5.56 Å². The molecule has 1 nitrogen and oxygen atoms in total. The molecule has 0 amide bonds. The normalized spacial score (nSPS) is 11.1. The third kappa shape index (κ3) is 1.36. The number of nitrogens with zero attached hydrogens (tertiary/aromatic N) is 1. The summed E-state index contributed by atoms with van der Waals surface area (Å²) in [5.74, 6) is 0. The van der Waals surface area contributed by atoms with Gasteiger partial charge in [0.1, 0.15) is 0 Å². The highest BCUT2D eigenvalue weighted by Gasteiger charge is 2.04. The van der Waals surface area contributed by atoms with E-state index in [2.05, 4.69) is 17.1 Å². The molecular weight excluding hydrogens is 218 g/mol. The van der Waals surface area contributed by atoms with Crippen molar-refractivity contribution < 1.29 is 0 Å². The lowest BCUT2D eigenvalue weighted by molar-refractivity contribution is 1.46. The maximum absolute atomic E-state index is 6.11. The molecule has 0 aliphatic heterocycles. The number of fused-ring (bicyclic) bond motifs is 2. The van der Waals surface area contributed by atoms with Gasteiger partial charge in [-0.3, -0.25) is 0 Å². The fourth-order valence-corrected chi connectivity index (χ4v) is 2.13. The van der Waals surface area contributed by atoms with Gasteiger partial charge in [-0.05, 0) is 36.8 Å². The molecule has 3 aromatic rings. The van der Waals surface area contributed by atoms with Crippen LogP contribution in [-0.4, -0.2) is 4.98 Å². The maximum Gasteiger partial charge on any atom is 0.0713 e. The number of hydrogen-bond donors (Lipinski definition) is 0. The molecule has 0 saturated carbocycles. The molecule has 0 aliphatic rings. The summed E-state index contributed by atoms with van der Waals surface area (Å²) in [5, 5.41) is 3.08. The summed E-state index contributed by atoms with van der Waals surface area (Å²) >= 11 is 6.11. The van der Waals surface area contributed by atoms with Gasteiger partial charge in [-0.1, -0.05) is 29.8 Å². The second-order valence-electron chi connectivity index (χ2n) is 3.92. The van der Waals surface area contributed by atoms with E-state index in [0.717, 1.165) is 32.4 Å². The molecule has 0 saturated heterocycles. The van der Waals surface area contributed by atoms with E-state index >= 15 is 0 Å². The predicted molar refractivity (Wildman–Crippen MR) is 69.0 cm³/mol. The Bertz CT molecular complexity index is 689. The molecule has 0 atom stereocenters. The lowest BCUT2D eigenvalue weighted by Gasteiger charge is -2.05. The van der Waals surface area contributed by atoms with Crippen molar-refractivity contribution in [3.63, 3.8) is 0 Å². The van der Waals surface area contributed by atoms with Crippen LogP contribution in [0.5, 0.6) is 0 Å². The second kappa shape index (κ2) is 3.46. The number of para-hydroxylation sites is 1. The van der Waals surface area contributed by atoms with Gasteiger partial charge in [-0.25, -0.2) is 4.98 Å². The van der Waals surface area contributed by atoms with Gasteiger partial charge in [0.15, 0.2) is 0 Å². The van der Waals surface area contributed by atoms with Crippen LogP contribution in [-0.2, 0) is 0 Å². The average Bonchev–Trinajstić information content (AvgIpc) is 2.32. The Balaban J connectivity index is 2.51. The highest BCUT2D eigenvalue weighted by atomic mass is 35.5. The Morgan fingerprint density at radius 1 is 1.00 bits per heavy atom. The number of aryl methyl sites for hydroxylation is 1. The van der Waals surface area contributed by atoms with Crippen LogP contribution in [0.3, 0.4) is 0 Å². The van der Waals surface area contributed by atoms with E-state index in [-0.39, 0.29) is 0 Å². The van der Waals surface area contributed by atoms with Crippen LogP contribution in [0.25, 0.3) is 21.8 Å². The van der Waals surface area contributed by atoms with Crippen molar-refractivity contribution in [2.45, 2.75) is 6.92 Å². The lowest BCUT2D eigenvalue weighted by atomic mass is 10.1. The summed E-state index contributed by atoms with van der Waals surface area (Å²) in [6.07, 6.45) is 0. The van der Waals surface area contributed by atoms with Gasteiger partial charge >= 0.3 is 0 Å². The molecule has 0 spiro atoms. The number of hydrogen-bond acceptors (Lipinski definition) is 1. The van der Waals surface area contributed by atoms with E-state index in [0.29, 0.717) is 0 Å². The Labute approximate surface area is 98.7 Å². The van der Waals surface area contributed by atoms with Gasteiger partial charge < -0.3 is 0 Å². The summed E-state index contributed by atoms with van der Waals surface area (Å²) in [6.45, 7) is 2.03. The largest absolute Gasteiger partial charge is 0.248 e. The molecule has 2 heteroatoms. The molecule has 0 aliphatic carbocycles. The Morgan fingerprint density at radius 3 is 2.69 bits per heavy atom. The first-order chi connectivity index (χ1) is 7.75. The van der Waals surface area contributed by atoms with Gasteiger partial charge in [-0.15, -0.1) is 0 Å². The minimum atomic E-state index is 0.796. The fraction of sp³-hybridized carbons (Fsp3) is 0.0714. The van der Waals surface area contributed by atoms with Crippen LogP contribution >= 0.6 is 11.6 Å². The Kier molecular flexibility index (Phi) is 2.08. The van der Waals surface area contributed by atoms with Gasteiger partial charge in [0, 0.05) is 15.8 Å². The summed E-state index contributed by atoms with van der Waals surface area (Å²) < 4.78 is 0. The zero-order valence-corrected chi connectivity index (χ0v) is 9.62. The first-order valence-electron chi connectivity index (χ1n) is 5.20. The quantitative estimate of drug-likeness (QED) is 0.521. The zero-order chi connectivity index (χ0) is 11.1. The predicted octanol–water partition coefficient (Wildman–Crippen LogP) is 4.35. The van der Waals surface area contributed by atoms with E-state index in [1.54, 1.807) is 0 Å². The Morgan fingerprint density at radius 2 is 1.81 bits per heavy atom. The van der Waals surface area contributed by atoms with Crippen LogP contribution in [0.2, 0.25) is 5.02 Å². The van der Waals surface area contributed by atoms with Crippen LogP contribution in [0.4, 0.5) is 0 Å². The molecule has 3 rings (SSSR count). The zero-order valence-electron chi connectivity index (χ0n) is 8.87. The number of aromatic nitrogens is 1. The molecule has 0 unspecified atom stereocenters. The Hall–Kier alpha value is -1.60. The SMILES string of the molecule is Cc1c(Cl)ccc2nc3ccccc3cc12. The van der Waals surface area contributed by atoms with E-state index in [1.165, 1.54) is 0 Å². The van der Waals surface area contributed by atoms with Crippen LogP contribution in [0.15, 0.2) is 42.5 Å². The molecular formula is C14H10ClN. The van der Waals surface area contributed by atoms with Gasteiger partial charge in [0.05, 0.1) is 11.0 Å². The average molecular weight is 228 g/mol. The van der Waals surface area contributed by atoms with Crippen molar-refractivity contribution in [2.24, 2.45) is 0 Å². The molecule has 1 heterocycles. The van der Waals surface area contributed by atoms with Crippen molar-refractivity contribution >= 4 is 33.4 Å². The standard InChI is InChI=1S/C14H10ClN/c1-9-11-8-10-4-2-3-5-13(10)16-14(11)7-6-12(9)15/h2-8H,1H3. The highest BCUT2D eigenvalue weighted by molar-refractivity contribution is 6.32. The smallest absolute Gasteiger partial charge is 0.0713 e. The molecule has 2 aromatic carbocycles. The van der Waals surface area contributed by atoms with Gasteiger partial charge in [-0.2, -0.15) is 0 Å². The minimum Gasteiger partial charge on any atom is -0.248 e. The first kappa shape index (κ1) is 9.61. The third-order valence-corrected chi connectivity index (χ3v) is 3.31. The molecule has 0 bridgehead atoms. The third-order valence-electron chi connectivity index (χ3n) is 2.90. The van der Waals surface area contributed by atoms with E-state index in [9.17, 15) is 0 Å². The number of rotatable bonds is 0. The second-order valence-corrected chi connectivity index (χ2v) is 4.33.